The first kappa shape index (κ1) is 21.0. The van der Waals surface area contributed by atoms with E-state index in [-0.39, 0.29) is 24.0 Å². The third kappa shape index (κ3) is 5.11. The van der Waals surface area contributed by atoms with Crippen LogP contribution in [0.2, 0.25) is 0 Å². The summed E-state index contributed by atoms with van der Waals surface area (Å²) in [4.78, 5) is 4.61. The summed E-state index contributed by atoms with van der Waals surface area (Å²) >= 11 is 0. The number of aryl methyl sites for hydroxylation is 1. The zero-order chi connectivity index (χ0) is 17.7. The van der Waals surface area contributed by atoms with Crippen LogP contribution in [0.3, 0.4) is 0 Å². The zero-order valence-electron chi connectivity index (χ0n) is 15.4. The van der Waals surface area contributed by atoms with Crippen molar-refractivity contribution < 1.29 is 14.3 Å². The number of para-hydroxylation sites is 1. The number of aliphatic hydroxyl groups is 1. The first-order valence-corrected chi connectivity index (χ1v) is 8.90. The second-order valence-electron chi connectivity index (χ2n) is 6.53. The molecule has 26 heavy (non-hydrogen) atoms. The van der Waals surface area contributed by atoms with E-state index in [1.165, 1.54) is 0 Å². The van der Waals surface area contributed by atoms with Gasteiger partial charge in [-0.3, -0.25) is 0 Å². The Balaban J connectivity index is 0.00000243. The van der Waals surface area contributed by atoms with E-state index in [4.69, 9.17) is 9.15 Å². The van der Waals surface area contributed by atoms with E-state index in [1.807, 2.05) is 25.1 Å². The van der Waals surface area contributed by atoms with E-state index >= 15 is 0 Å². The van der Waals surface area contributed by atoms with E-state index in [0.29, 0.717) is 45.1 Å². The van der Waals surface area contributed by atoms with E-state index in [0.717, 1.165) is 28.8 Å². The number of nitrogens with zero attached hydrogens (tertiary/aromatic N) is 1. The summed E-state index contributed by atoms with van der Waals surface area (Å²) in [6, 6.07) is 8.02. The standard InChI is InChI=1S/C19H27N3O3.HI/c1-3-20-18(22-13-19(23)8-10-24-11-9-19)21-12-17-14(2)15-6-4-5-7-16(15)25-17;/h4-7,23H,3,8-13H2,1-2H3,(H2,20,21,22);1H. The highest BCUT2D eigenvalue weighted by Crippen LogP contribution is 2.25. The van der Waals surface area contributed by atoms with E-state index in [2.05, 4.69) is 28.6 Å². The molecule has 7 heteroatoms. The Hall–Kier alpha value is -1.32. The Morgan fingerprint density at radius 3 is 2.65 bits per heavy atom. The van der Waals surface area contributed by atoms with Crippen molar-refractivity contribution in [2.24, 2.45) is 4.99 Å². The van der Waals surface area contributed by atoms with Gasteiger partial charge in [0.1, 0.15) is 17.9 Å². The van der Waals surface area contributed by atoms with Crippen LogP contribution in [-0.2, 0) is 11.3 Å². The molecule has 1 aromatic carbocycles. The second-order valence-corrected chi connectivity index (χ2v) is 6.53. The molecule has 0 unspecified atom stereocenters. The number of ether oxygens (including phenoxy) is 1. The molecule has 144 valence electrons. The van der Waals surface area contributed by atoms with Crippen molar-refractivity contribution in [2.75, 3.05) is 26.3 Å². The molecule has 0 radical (unpaired) electrons. The maximum atomic E-state index is 10.6. The lowest BCUT2D eigenvalue weighted by Crippen LogP contribution is -2.49. The van der Waals surface area contributed by atoms with Gasteiger partial charge in [0.25, 0.3) is 0 Å². The molecular formula is C19H28IN3O3. The Bertz CT molecular complexity index is 739. The fraction of sp³-hybridized carbons (Fsp3) is 0.526. The molecule has 2 heterocycles. The Morgan fingerprint density at radius 1 is 1.23 bits per heavy atom. The summed E-state index contributed by atoms with van der Waals surface area (Å²) in [5.41, 5.74) is 1.28. The summed E-state index contributed by atoms with van der Waals surface area (Å²) in [5, 5.41) is 18.2. The number of aliphatic imine (C=N–C) groups is 1. The predicted octanol–water partition coefficient (Wildman–Crippen LogP) is 2.96. The number of guanidine groups is 1. The molecule has 0 atom stereocenters. The lowest BCUT2D eigenvalue weighted by atomic mass is 9.94. The normalized spacial score (nSPS) is 17.0. The van der Waals surface area contributed by atoms with Crippen LogP contribution in [0.4, 0.5) is 0 Å². The predicted molar refractivity (Wildman–Crippen MR) is 114 cm³/mol. The molecular weight excluding hydrogens is 445 g/mol. The molecule has 0 spiro atoms. The van der Waals surface area contributed by atoms with Crippen LogP contribution in [0.1, 0.15) is 31.1 Å². The number of hydrogen-bond donors (Lipinski definition) is 3. The maximum Gasteiger partial charge on any atom is 0.191 e. The van der Waals surface area contributed by atoms with Gasteiger partial charge in [0.2, 0.25) is 0 Å². The first-order valence-electron chi connectivity index (χ1n) is 8.90. The largest absolute Gasteiger partial charge is 0.459 e. The highest BCUT2D eigenvalue weighted by atomic mass is 127. The van der Waals surface area contributed by atoms with Crippen LogP contribution in [0.25, 0.3) is 11.0 Å². The molecule has 1 aliphatic rings. The second kappa shape index (κ2) is 9.57. The van der Waals surface area contributed by atoms with Crippen molar-refractivity contribution in [3.63, 3.8) is 0 Å². The number of hydrogen-bond acceptors (Lipinski definition) is 4. The van der Waals surface area contributed by atoms with Gasteiger partial charge in [0.05, 0.1) is 5.60 Å². The molecule has 2 aromatic rings. The summed E-state index contributed by atoms with van der Waals surface area (Å²) in [5.74, 6) is 1.55. The van der Waals surface area contributed by atoms with Gasteiger partial charge >= 0.3 is 0 Å². The van der Waals surface area contributed by atoms with Gasteiger partial charge in [0, 0.05) is 50.1 Å². The van der Waals surface area contributed by atoms with Gasteiger partial charge in [-0.25, -0.2) is 4.99 Å². The van der Waals surface area contributed by atoms with E-state index in [9.17, 15) is 5.11 Å². The number of nitrogens with one attached hydrogen (secondary N) is 2. The van der Waals surface area contributed by atoms with Crippen molar-refractivity contribution in [2.45, 2.75) is 38.8 Å². The molecule has 0 saturated carbocycles. The van der Waals surface area contributed by atoms with Crippen LogP contribution in [-0.4, -0.2) is 43.0 Å². The van der Waals surface area contributed by atoms with Gasteiger partial charge in [-0.15, -0.1) is 24.0 Å². The number of fused-ring (bicyclic) bond motifs is 1. The monoisotopic (exact) mass is 473 g/mol. The molecule has 1 saturated heterocycles. The molecule has 1 fully saturated rings. The van der Waals surface area contributed by atoms with Gasteiger partial charge in [0.15, 0.2) is 5.96 Å². The lowest BCUT2D eigenvalue weighted by molar-refractivity contribution is -0.0594. The average Bonchev–Trinajstić information content (AvgIpc) is 2.94. The van der Waals surface area contributed by atoms with Gasteiger partial charge in [-0.05, 0) is 19.9 Å². The number of furan rings is 1. The topological polar surface area (TPSA) is 79.0 Å². The highest BCUT2D eigenvalue weighted by Gasteiger charge is 2.29. The number of benzene rings is 1. The third-order valence-electron chi connectivity index (χ3n) is 4.68. The van der Waals surface area contributed by atoms with E-state index in [1.54, 1.807) is 0 Å². The summed E-state index contributed by atoms with van der Waals surface area (Å²) in [6.07, 6.45) is 1.28. The Kier molecular flexibility index (Phi) is 7.72. The molecule has 0 amide bonds. The van der Waals surface area contributed by atoms with Gasteiger partial charge in [-0.1, -0.05) is 18.2 Å². The van der Waals surface area contributed by atoms with Crippen molar-refractivity contribution in [3.05, 3.63) is 35.6 Å². The summed E-state index contributed by atoms with van der Waals surface area (Å²) in [7, 11) is 0. The molecule has 3 N–H and O–H groups in total. The summed E-state index contributed by atoms with van der Waals surface area (Å²) < 4.78 is 11.2. The van der Waals surface area contributed by atoms with Crippen LogP contribution < -0.4 is 10.6 Å². The molecule has 0 aliphatic carbocycles. The van der Waals surface area contributed by atoms with Gasteiger partial charge in [-0.2, -0.15) is 0 Å². The van der Waals surface area contributed by atoms with Crippen LogP contribution in [0.15, 0.2) is 33.7 Å². The fourth-order valence-electron chi connectivity index (χ4n) is 3.04. The third-order valence-corrected chi connectivity index (χ3v) is 4.68. The fourth-order valence-corrected chi connectivity index (χ4v) is 3.04. The minimum Gasteiger partial charge on any atom is -0.459 e. The minimum absolute atomic E-state index is 0. The van der Waals surface area contributed by atoms with Crippen LogP contribution in [0, 0.1) is 6.92 Å². The minimum atomic E-state index is -0.732. The molecule has 3 rings (SSSR count). The Labute approximate surface area is 171 Å². The lowest BCUT2D eigenvalue weighted by Gasteiger charge is -2.32. The first-order chi connectivity index (χ1) is 12.1. The van der Waals surface area contributed by atoms with Crippen molar-refractivity contribution in [1.29, 1.82) is 0 Å². The molecule has 1 aromatic heterocycles. The quantitative estimate of drug-likeness (QED) is 0.354. The highest BCUT2D eigenvalue weighted by molar-refractivity contribution is 14.0. The van der Waals surface area contributed by atoms with Gasteiger partial charge < -0.3 is 24.9 Å². The van der Waals surface area contributed by atoms with E-state index < -0.39 is 5.60 Å². The van der Waals surface area contributed by atoms with Crippen molar-refractivity contribution >= 4 is 40.9 Å². The Morgan fingerprint density at radius 2 is 1.96 bits per heavy atom. The molecule has 1 aliphatic heterocycles. The SMILES string of the molecule is CCNC(=NCc1oc2ccccc2c1C)NCC1(O)CCOCC1.I. The van der Waals surface area contributed by atoms with Crippen LogP contribution in [0.5, 0.6) is 0 Å². The van der Waals surface area contributed by atoms with Crippen molar-refractivity contribution in [3.8, 4) is 0 Å². The van der Waals surface area contributed by atoms with Crippen molar-refractivity contribution in [1.82, 2.24) is 10.6 Å². The number of rotatable bonds is 5. The average molecular weight is 473 g/mol. The van der Waals surface area contributed by atoms with Crippen LogP contribution >= 0.6 is 24.0 Å². The maximum absolute atomic E-state index is 10.6. The summed E-state index contributed by atoms with van der Waals surface area (Å²) in [6.45, 7) is 6.95. The molecule has 0 bridgehead atoms. The smallest absolute Gasteiger partial charge is 0.191 e. The number of halogens is 1. The zero-order valence-corrected chi connectivity index (χ0v) is 17.7. The molecule has 6 nitrogen and oxygen atoms in total.